The molecule has 1 aromatic rings. The van der Waals surface area contributed by atoms with E-state index in [1.54, 1.807) is 0 Å². The fraction of sp³-hybridized carbons (Fsp3) is 0.600. The van der Waals surface area contributed by atoms with E-state index in [9.17, 15) is 0 Å². The van der Waals surface area contributed by atoms with Crippen LogP contribution in [0.15, 0.2) is 6.07 Å². The second kappa shape index (κ2) is 6.22. The molecule has 2 heterocycles. The number of likely N-dealkylation sites (tertiary alicyclic amines) is 1. The standard InChI is InChI=1S/C15H25N5/c1-11-10-12(2)18-15(13(11)14(16)17)19(3)8-9-20-6-4-5-7-20/h10H,4-9H2,1-3H3,(H3,16,17). The third-order valence-corrected chi connectivity index (χ3v) is 3.91. The van der Waals surface area contributed by atoms with Crippen molar-refractivity contribution in [3.05, 3.63) is 22.9 Å². The predicted molar refractivity (Wildman–Crippen MR) is 83.7 cm³/mol. The molecule has 0 radical (unpaired) electrons. The number of hydrogen-bond donors (Lipinski definition) is 2. The molecular formula is C15H25N5. The number of hydrogen-bond acceptors (Lipinski definition) is 4. The minimum absolute atomic E-state index is 0.0954. The molecule has 0 aromatic carbocycles. The highest BCUT2D eigenvalue weighted by Crippen LogP contribution is 2.21. The molecule has 3 N–H and O–H groups in total. The lowest BCUT2D eigenvalue weighted by molar-refractivity contribution is 0.346. The normalized spacial score (nSPS) is 15.6. The van der Waals surface area contributed by atoms with E-state index in [1.807, 2.05) is 27.0 Å². The van der Waals surface area contributed by atoms with E-state index in [-0.39, 0.29) is 5.84 Å². The largest absolute Gasteiger partial charge is 0.384 e. The quantitative estimate of drug-likeness (QED) is 0.631. The van der Waals surface area contributed by atoms with Crippen LogP contribution in [0.5, 0.6) is 0 Å². The Morgan fingerprint density at radius 2 is 2.05 bits per heavy atom. The number of aromatic nitrogens is 1. The Morgan fingerprint density at radius 3 is 2.65 bits per heavy atom. The first kappa shape index (κ1) is 14.8. The van der Waals surface area contributed by atoms with Crippen LogP contribution in [0.2, 0.25) is 0 Å². The summed E-state index contributed by atoms with van der Waals surface area (Å²) in [4.78, 5) is 9.19. The van der Waals surface area contributed by atoms with Crippen molar-refractivity contribution in [3.8, 4) is 0 Å². The summed E-state index contributed by atoms with van der Waals surface area (Å²) in [6.45, 7) is 8.33. The van der Waals surface area contributed by atoms with Gasteiger partial charge in [0.05, 0.1) is 5.56 Å². The van der Waals surface area contributed by atoms with Crippen molar-refractivity contribution in [2.45, 2.75) is 26.7 Å². The number of nitrogens with zero attached hydrogens (tertiary/aromatic N) is 3. The van der Waals surface area contributed by atoms with Gasteiger partial charge in [-0.15, -0.1) is 0 Å². The summed E-state index contributed by atoms with van der Waals surface area (Å²) in [6, 6.07) is 1.98. The highest BCUT2D eigenvalue weighted by atomic mass is 15.2. The molecule has 0 spiro atoms. The van der Waals surface area contributed by atoms with Crippen molar-refractivity contribution in [3.63, 3.8) is 0 Å². The van der Waals surface area contributed by atoms with Gasteiger partial charge in [-0.25, -0.2) is 4.98 Å². The molecule has 0 saturated carbocycles. The van der Waals surface area contributed by atoms with Gasteiger partial charge in [-0.3, -0.25) is 5.41 Å². The van der Waals surface area contributed by atoms with Crippen LogP contribution in [0.25, 0.3) is 0 Å². The maximum Gasteiger partial charge on any atom is 0.139 e. The van der Waals surface area contributed by atoms with Gasteiger partial charge < -0.3 is 15.5 Å². The second-order valence-electron chi connectivity index (χ2n) is 5.66. The molecule has 1 aromatic heterocycles. The zero-order chi connectivity index (χ0) is 14.7. The molecule has 1 fully saturated rings. The molecule has 20 heavy (non-hydrogen) atoms. The minimum atomic E-state index is 0.0954. The molecular weight excluding hydrogens is 250 g/mol. The van der Waals surface area contributed by atoms with Crippen LogP contribution >= 0.6 is 0 Å². The number of rotatable bonds is 5. The van der Waals surface area contributed by atoms with Gasteiger partial charge in [-0.05, 0) is 51.4 Å². The number of amidine groups is 1. The SMILES string of the molecule is Cc1cc(C)c(C(=N)N)c(N(C)CCN2CCCC2)n1. The van der Waals surface area contributed by atoms with Gasteiger partial charge in [0.2, 0.25) is 0 Å². The van der Waals surface area contributed by atoms with Crippen LogP contribution in [-0.4, -0.2) is 48.9 Å². The summed E-state index contributed by atoms with van der Waals surface area (Å²) in [7, 11) is 2.03. The summed E-state index contributed by atoms with van der Waals surface area (Å²) in [5.74, 6) is 0.923. The van der Waals surface area contributed by atoms with Gasteiger partial charge >= 0.3 is 0 Å². The molecule has 0 amide bonds. The number of anilines is 1. The first-order valence-corrected chi connectivity index (χ1v) is 7.25. The topological polar surface area (TPSA) is 69.2 Å². The van der Waals surface area contributed by atoms with E-state index in [2.05, 4.69) is 14.8 Å². The fourth-order valence-corrected chi connectivity index (χ4v) is 2.83. The third kappa shape index (κ3) is 3.28. The number of aryl methyl sites for hydroxylation is 2. The first-order valence-electron chi connectivity index (χ1n) is 7.25. The molecule has 0 aliphatic carbocycles. The Labute approximate surface area is 121 Å². The average molecular weight is 275 g/mol. The monoisotopic (exact) mass is 275 g/mol. The molecule has 1 saturated heterocycles. The third-order valence-electron chi connectivity index (χ3n) is 3.91. The summed E-state index contributed by atoms with van der Waals surface area (Å²) in [5, 5.41) is 7.78. The Hall–Kier alpha value is -1.62. The Kier molecular flexibility index (Phi) is 4.60. The van der Waals surface area contributed by atoms with E-state index < -0.39 is 0 Å². The van der Waals surface area contributed by atoms with Crippen LogP contribution in [0.3, 0.4) is 0 Å². The number of nitrogens with two attached hydrogens (primary N) is 1. The van der Waals surface area contributed by atoms with Gasteiger partial charge in [-0.2, -0.15) is 0 Å². The lowest BCUT2D eigenvalue weighted by Gasteiger charge is -2.25. The van der Waals surface area contributed by atoms with Gasteiger partial charge in [0.1, 0.15) is 11.7 Å². The molecule has 0 bridgehead atoms. The van der Waals surface area contributed by atoms with Crippen molar-refractivity contribution in [1.29, 1.82) is 5.41 Å². The zero-order valence-electron chi connectivity index (χ0n) is 12.7. The lowest BCUT2D eigenvalue weighted by Crippen LogP contribution is -2.33. The highest BCUT2D eigenvalue weighted by molar-refractivity contribution is 6.01. The van der Waals surface area contributed by atoms with Crippen molar-refractivity contribution < 1.29 is 0 Å². The number of likely N-dealkylation sites (N-methyl/N-ethyl adjacent to an activating group) is 1. The average Bonchev–Trinajstić information content (AvgIpc) is 2.87. The maximum atomic E-state index is 7.78. The van der Waals surface area contributed by atoms with Crippen LogP contribution in [0, 0.1) is 19.3 Å². The Bertz CT molecular complexity index is 491. The van der Waals surface area contributed by atoms with E-state index in [1.165, 1.54) is 25.9 Å². The summed E-state index contributed by atoms with van der Waals surface area (Å²) in [6.07, 6.45) is 2.62. The van der Waals surface area contributed by atoms with Crippen LogP contribution in [0.1, 0.15) is 29.7 Å². The summed E-state index contributed by atoms with van der Waals surface area (Å²) >= 11 is 0. The van der Waals surface area contributed by atoms with Crippen molar-refractivity contribution >= 4 is 11.7 Å². The number of pyridine rings is 1. The van der Waals surface area contributed by atoms with E-state index in [0.717, 1.165) is 35.7 Å². The van der Waals surface area contributed by atoms with E-state index in [4.69, 9.17) is 11.1 Å². The molecule has 0 atom stereocenters. The number of nitrogen functional groups attached to an aromatic ring is 1. The van der Waals surface area contributed by atoms with E-state index in [0.29, 0.717) is 0 Å². The van der Waals surface area contributed by atoms with Crippen LogP contribution in [-0.2, 0) is 0 Å². The van der Waals surface area contributed by atoms with Crippen molar-refractivity contribution in [2.75, 3.05) is 38.1 Å². The fourth-order valence-electron chi connectivity index (χ4n) is 2.83. The van der Waals surface area contributed by atoms with E-state index >= 15 is 0 Å². The van der Waals surface area contributed by atoms with Crippen LogP contribution in [0.4, 0.5) is 5.82 Å². The molecule has 0 unspecified atom stereocenters. The maximum absolute atomic E-state index is 7.78. The smallest absolute Gasteiger partial charge is 0.139 e. The number of nitrogens with one attached hydrogen (secondary N) is 1. The molecule has 2 rings (SSSR count). The van der Waals surface area contributed by atoms with Gasteiger partial charge in [0.15, 0.2) is 0 Å². The summed E-state index contributed by atoms with van der Waals surface area (Å²) in [5.41, 5.74) is 8.48. The van der Waals surface area contributed by atoms with Crippen molar-refractivity contribution in [1.82, 2.24) is 9.88 Å². The molecule has 1 aliphatic heterocycles. The zero-order valence-corrected chi connectivity index (χ0v) is 12.7. The second-order valence-corrected chi connectivity index (χ2v) is 5.66. The molecule has 5 heteroatoms. The minimum Gasteiger partial charge on any atom is -0.384 e. The van der Waals surface area contributed by atoms with Gasteiger partial charge in [0, 0.05) is 25.8 Å². The lowest BCUT2D eigenvalue weighted by atomic mass is 10.1. The van der Waals surface area contributed by atoms with Crippen molar-refractivity contribution in [2.24, 2.45) is 5.73 Å². The first-order chi connectivity index (χ1) is 9.49. The molecule has 110 valence electrons. The Balaban J connectivity index is 2.15. The van der Waals surface area contributed by atoms with Gasteiger partial charge in [-0.1, -0.05) is 0 Å². The molecule has 1 aliphatic rings. The predicted octanol–water partition coefficient (Wildman–Crippen LogP) is 1.51. The summed E-state index contributed by atoms with van der Waals surface area (Å²) < 4.78 is 0. The highest BCUT2D eigenvalue weighted by Gasteiger charge is 2.17. The van der Waals surface area contributed by atoms with Crippen LogP contribution < -0.4 is 10.6 Å². The molecule has 5 nitrogen and oxygen atoms in total. The van der Waals surface area contributed by atoms with Gasteiger partial charge in [0.25, 0.3) is 0 Å². The Morgan fingerprint density at radius 1 is 1.40 bits per heavy atom.